The summed E-state index contributed by atoms with van der Waals surface area (Å²) in [7, 11) is 0. The van der Waals surface area contributed by atoms with E-state index in [1.165, 1.54) is 24.3 Å². The van der Waals surface area contributed by atoms with E-state index in [2.05, 4.69) is 4.98 Å². The summed E-state index contributed by atoms with van der Waals surface area (Å²) in [6, 6.07) is 13.7. The van der Waals surface area contributed by atoms with Gasteiger partial charge in [-0.1, -0.05) is 41.4 Å². The van der Waals surface area contributed by atoms with Crippen LogP contribution in [-0.4, -0.2) is 10.9 Å². The van der Waals surface area contributed by atoms with Crippen LogP contribution in [0.2, 0.25) is 10.0 Å². The first-order valence-electron chi connectivity index (χ1n) is 10.3. The average molecular weight is 517 g/mol. The summed E-state index contributed by atoms with van der Waals surface area (Å²) in [4.78, 5) is 17.0. The van der Waals surface area contributed by atoms with Crippen molar-refractivity contribution in [2.45, 2.75) is 13.5 Å². The third kappa shape index (κ3) is 5.11. The number of halogens is 5. The first-order chi connectivity index (χ1) is 16.7. The molecule has 0 atom stereocenters. The minimum atomic E-state index is -1.04. The molecule has 0 radical (unpaired) electrons. The normalized spacial score (nSPS) is 10.9. The van der Waals surface area contributed by atoms with Crippen LogP contribution in [0.5, 0.6) is 5.88 Å². The lowest BCUT2D eigenvalue weighted by Gasteiger charge is -2.19. The van der Waals surface area contributed by atoms with Crippen LogP contribution in [0.15, 0.2) is 60.7 Å². The van der Waals surface area contributed by atoms with Gasteiger partial charge in [-0.25, -0.2) is 18.2 Å². The maximum absolute atomic E-state index is 13.6. The smallest absolute Gasteiger partial charge is 0.254 e. The molecule has 9 heteroatoms. The zero-order chi connectivity index (χ0) is 25.3. The van der Waals surface area contributed by atoms with Crippen LogP contribution in [0.25, 0.3) is 22.4 Å². The SMILES string of the molecule is Cc1c(C(N)=O)c(OCc2ccc(F)c(F)c2)nc(-c2ccc(Cl)cc2Cl)c1-c1ccc(F)cc1. The minimum absolute atomic E-state index is 0.0132. The second-order valence-electron chi connectivity index (χ2n) is 7.67. The quantitative estimate of drug-likeness (QED) is 0.296. The highest BCUT2D eigenvalue weighted by molar-refractivity contribution is 6.36. The minimum Gasteiger partial charge on any atom is -0.472 e. The van der Waals surface area contributed by atoms with Gasteiger partial charge in [-0.15, -0.1) is 0 Å². The Morgan fingerprint density at radius 1 is 0.971 bits per heavy atom. The Bertz CT molecular complexity index is 1440. The van der Waals surface area contributed by atoms with Crippen LogP contribution in [0.3, 0.4) is 0 Å². The Balaban J connectivity index is 1.92. The average Bonchev–Trinajstić information content (AvgIpc) is 2.80. The van der Waals surface area contributed by atoms with Crippen molar-refractivity contribution in [1.82, 2.24) is 4.98 Å². The number of primary amides is 1. The van der Waals surface area contributed by atoms with Crippen molar-refractivity contribution in [1.29, 1.82) is 0 Å². The van der Waals surface area contributed by atoms with E-state index in [1.807, 2.05) is 0 Å². The van der Waals surface area contributed by atoms with Crippen molar-refractivity contribution in [3.8, 4) is 28.3 Å². The Kier molecular flexibility index (Phi) is 7.00. The topological polar surface area (TPSA) is 65.2 Å². The van der Waals surface area contributed by atoms with Crippen LogP contribution in [0.4, 0.5) is 13.2 Å². The highest BCUT2D eigenvalue weighted by Crippen LogP contribution is 2.41. The van der Waals surface area contributed by atoms with Crippen molar-refractivity contribution in [2.75, 3.05) is 0 Å². The lowest BCUT2D eigenvalue weighted by molar-refractivity contribution is 0.0994. The number of nitrogens with two attached hydrogens (primary N) is 1. The molecule has 0 saturated carbocycles. The zero-order valence-corrected chi connectivity index (χ0v) is 19.7. The number of rotatable bonds is 6. The van der Waals surface area contributed by atoms with Gasteiger partial charge in [0.15, 0.2) is 11.6 Å². The molecule has 0 saturated heterocycles. The lowest BCUT2D eigenvalue weighted by atomic mass is 9.92. The van der Waals surface area contributed by atoms with Crippen molar-refractivity contribution >= 4 is 29.1 Å². The van der Waals surface area contributed by atoms with Crippen LogP contribution in [-0.2, 0) is 6.61 Å². The molecule has 35 heavy (non-hydrogen) atoms. The molecule has 0 bridgehead atoms. The van der Waals surface area contributed by atoms with Gasteiger partial charge in [0.05, 0.1) is 10.7 Å². The molecular weight excluding hydrogens is 500 g/mol. The molecule has 1 amide bonds. The van der Waals surface area contributed by atoms with E-state index in [1.54, 1.807) is 31.2 Å². The monoisotopic (exact) mass is 516 g/mol. The molecule has 4 rings (SSSR count). The summed E-state index contributed by atoms with van der Waals surface area (Å²) in [6.45, 7) is 1.44. The molecule has 0 spiro atoms. The predicted molar refractivity (Wildman–Crippen MR) is 129 cm³/mol. The third-order valence-electron chi connectivity index (χ3n) is 5.34. The molecule has 1 aromatic heterocycles. The van der Waals surface area contributed by atoms with E-state index >= 15 is 0 Å². The number of amides is 1. The van der Waals surface area contributed by atoms with Crippen LogP contribution >= 0.6 is 23.2 Å². The van der Waals surface area contributed by atoms with Gasteiger partial charge >= 0.3 is 0 Å². The number of hydrogen-bond donors (Lipinski definition) is 1. The fraction of sp³-hybridized carbons (Fsp3) is 0.0769. The van der Waals surface area contributed by atoms with Crippen LogP contribution < -0.4 is 10.5 Å². The van der Waals surface area contributed by atoms with Crippen LogP contribution in [0.1, 0.15) is 21.5 Å². The summed E-state index contributed by atoms with van der Waals surface area (Å²) in [6.07, 6.45) is 0. The number of aromatic nitrogens is 1. The number of benzene rings is 3. The standard InChI is InChI=1S/C26H17Cl2F3N2O2/c1-13-22(15-3-6-17(29)7-4-15)24(18-8-5-16(27)11-19(18)28)33-26(23(13)25(32)34)35-12-14-2-9-20(30)21(31)10-14/h2-11H,12H2,1H3,(H2,32,34). The maximum Gasteiger partial charge on any atom is 0.254 e. The first-order valence-corrected chi connectivity index (χ1v) is 11.0. The van der Waals surface area contributed by atoms with Gasteiger partial charge in [-0.05, 0) is 66.1 Å². The summed E-state index contributed by atoms with van der Waals surface area (Å²) < 4.78 is 46.3. The molecule has 4 aromatic rings. The van der Waals surface area contributed by atoms with Gasteiger partial charge in [-0.2, -0.15) is 0 Å². The number of hydrogen-bond acceptors (Lipinski definition) is 3. The van der Waals surface area contributed by atoms with Crippen molar-refractivity contribution in [3.05, 3.63) is 105 Å². The number of ether oxygens (including phenoxy) is 1. The number of carbonyl (C=O) groups is 1. The van der Waals surface area contributed by atoms with E-state index in [4.69, 9.17) is 33.7 Å². The number of nitrogens with zero attached hydrogens (tertiary/aromatic N) is 1. The lowest BCUT2D eigenvalue weighted by Crippen LogP contribution is -2.17. The number of pyridine rings is 1. The molecule has 0 aliphatic rings. The van der Waals surface area contributed by atoms with E-state index < -0.39 is 23.4 Å². The van der Waals surface area contributed by atoms with E-state index in [0.29, 0.717) is 38.5 Å². The van der Waals surface area contributed by atoms with Gasteiger partial charge in [0.2, 0.25) is 5.88 Å². The molecule has 0 fully saturated rings. The molecule has 4 nitrogen and oxygen atoms in total. The summed E-state index contributed by atoms with van der Waals surface area (Å²) in [5.41, 5.74) is 8.25. The van der Waals surface area contributed by atoms with E-state index in [0.717, 1.165) is 12.1 Å². The van der Waals surface area contributed by atoms with Gasteiger partial charge in [0.25, 0.3) is 5.91 Å². The molecule has 0 aliphatic carbocycles. The van der Waals surface area contributed by atoms with Gasteiger partial charge in [0.1, 0.15) is 18.0 Å². The molecule has 1 heterocycles. The highest BCUT2D eigenvalue weighted by Gasteiger charge is 2.25. The summed E-state index contributed by atoms with van der Waals surface area (Å²) in [5, 5.41) is 0.688. The summed E-state index contributed by atoms with van der Waals surface area (Å²) >= 11 is 12.5. The Hall–Kier alpha value is -3.55. The predicted octanol–water partition coefficient (Wildman–Crippen LogP) is 7.13. The van der Waals surface area contributed by atoms with E-state index in [-0.39, 0.29) is 23.1 Å². The Morgan fingerprint density at radius 3 is 2.31 bits per heavy atom. The molecule has 0 unspecified atom stereocenters. The first kappa shape index (κ1) is 24.6. The second kappa shape index (κ2) is 9.98. The zero-order valence-electron chi connectivity index (χ0n) is 18.2. The highest BCUT2D eigenvalue weighted by atomic mass is 35.5. The van der Waals surface area contributed by atoms with Crippen molar-refractivity contribution in [3.63, 3.8) is 0 Å². The summed E-state index contributed by atoms with van der Waals surface area (Å²) in [5.74, 6) is -3.40. The Labute approximate surface area is 209 Å². The maximum atomic E-state index is 13.6. The second-order valence-corrected chi connectivity index (χ2v) is 8.52. The molecule has 2 N–H and O–H groups in total. The fourth-order valence-corrected chi connectivity index (χ4v) is 4.20. The largest absolute Gasteiger partial charge is 0.472 e. The molecule has 0 aliphatic heterocycles. The molecule has 3 aromatic carbocycles. The third-order valence-corrected chi connectivity index (χ3v) is 5.89. The van der Waals surface area contributed by atoms with Gasteiger partial charge < -0.3 is 10.5 Å². The molecular formula is C26H17Cl2F3N2O2. The van der Waals surface area contributed by atoms with Crippen LogP contribution in [0, 0.1) is 24.4 Å². The van der Waals surface area contributed by atoms with E-state index in [9.17, 15) is 18.0 Å². The Morgan fingerprint density at radius 2 is 1.69 bits per heavy atom. The van der Waals surface area contributed by atoms with Gasteiger partial charge in [-0.3, -0.25) is 4.79 Å². The fourth-order valence-electron chi connectivity index (χ4n) is 3.70. The van der Waals surface area contributed by atoms with Crippen molar-refractivity contribution < 1.29 is 22.7 Å². The number of carbonyl (C=O) groups excluding carboxylic acids is 1. The van der Waals surface area contributed by atoms with Gasteiger partial charge in [0, 0.05) is 16.1 Å². The van der Waals surface area contributed by atoms with Crippen molar-refractivity contribution in [2.24, 2.45) is 5.73 Å². The molecule has 178 valence electrons.